The number of nitrogens with one attached hydrogen (secondary N) is 1. The van der Waals surface area contributed by atoms with E-state index in [1.807, 2.05) is 6.92 Å². The molecule has 0 bridgehead atoms. The molecule has 1 aromatic rings. The van der Waals surface area contributed by atoms with Crippen molar-refractivity contribution in [2.45, 2.75) is 38.7 Å². The van der Waals surface area contributed by atoms with Crippen molar-refractivity contribution in [3.63, 3.8) is 0 Å². The standard InChI is InChI=1S/C11H16N2O3/c1-7-8(14)12-10(13-9(7)15)11(2)5-3-4-6-16-11/h3-6H2,1-2H3,(H2,12,13,14,15). The molecule has 88 valence electrons. The molecule has 5 nitrogen and oxygen atoms in total. The summed E-state index contributed by atoms with van der Waals surface area (Å²) in [6.45, 7) is 4.09. The van der Waals surface area contributed by atoms with Crippen molar-refractivity contribution in [3.05, 3.63) is 21.7 Å². The van der Waals surface area contributed by atoms with E-state index in [2.05, 4.69) is 9.97 Å². The normalized spacial score (nSPS) is 25.6. The largest absolute Gasteiger partial charge is 0.493 e. The van der Waals surface area contributed by atoms with Crippen molar-refractivity contribution >= 4 is 0 Å². The van der Waals surface area contributed by atoms with E-state index in [1.54, 1.807) is 0 Å². The van der Waals surface area contributed by atoms with E-state index in [0.717, 1.165) is 19.3 Å². The van der Waals surface area contributed by atoms with Gasteiger partial charge in [-0.15, -0.1) is 0 Å². The van der Waals surface area contributed by atoms with Gasteiger partial charge in [-0.2, -0.15) is 4.98 Å². The summed E-state index contributed by atoms with van der Waals surface area (Å²) >= 11 is 0. The molecule has 0 radical (unpaired) electrons. The number of aromatic nitrogens is 2. The van der Waals surface area contributed by atoms with Gasteiger partial charge in [0.2, 0.25) is 5.88 Å². The SMILES string of the molecule is Cc1c(O)nc(C2(C)CCCCO2)[nH]c1=O. The van der Waals surface area contributed by atoms with E-state index in [-0.39, 0.29) is 17.0 Å². The number of nitrogens with zero attached hydrogens (tertiary/aromatic N) is 1. The number of hydrogen-bond donors (Lipinski definition) is 2. The van der Waals surface area contributed by atoms with Crippen LogP contribution in [0.15, 0.2) is 4.79 Å². The number of aromatic hydroxyl groups is 1. The van der Waals surface area contributed by atoms with Crippen LogP contribution in [0.5, 0.6) is 5.88 Å². The van der Waals surface area contributed by atoms with E-state index in [0.29, 0.717) is 12.4 Å². The summed E-state index contributed by atoms with van der Waals surface area (Å²) in [7, 11) is 0. The Bertz CT molecular complexity index is 447. The summed E-state index contributed by atoms with van der Waals surface area (Å²) in [5.74, 6) is 0.203. The zero-order valence-electron chi connectivity index (χ0n) is 9.54. The van der Waals surface area contributed by atoms with Gasteiger partial charge in [-0.05, 0) is 33.1 Å². The minimum Gasteiger partial charge on any atom is -0.493 e. The fraction of sp³-hybridized carbons (Fsp3) is 0.636. The third kappa shape index (κ3) is 1.82. The molecule has 5 heteroatoms. The molecule has 1 aliphatic rings. The van der Waals surface area contributed by atoms with Crippen LogP contribution in [0.25, 0.3) is 0 Å². The third-order valence-electron chi connectivity index (χ3n) is 3.10. The number of rotatable bonds is 1. The highest BCUT2D eigenvalue weighted by Gasteiger charge is 2.33. The molecular formula is C11H16N2O3. The quantitative estimate of drug-likeness (QED) is 0.751. The van der Waals surface area contributed by atoms with Crippen LogP contribution in [0.4, 0.5) is 0 Å². The molecule has 1 atom stereocenters. The van der Waals surface area contributed by atoms with E-state index in [4.69, 9.17) is 4.74 Å². The summed E-state index contributed by atoms with van der Waals surface area (Å²) in [5.41, 5.74) is -0.649. The van der Waals surface area contributed by atoms with Gasteiger partial charge >= 0.3 is 0 Å². The number of ether oxygens (including phenoxy) is 1. The Balaban J connectivity index is 2.43. The van der Waals surface area contributed by atoms with Crippen molar-refractivity contribution in [1.29, 1.82) is 0 Å². The zero-order valence-corrected chi connectivity index (χ0v) is 9.54. The lowest BCUT2D eigenvalue weighted by atomic mass is 9.95. The van der Waals surface area contributed by atoms with Gasteiger partial charge in [-0.25, -0.2) is 0 Å². The molecule has 2 rings (SSSR count). The molecule has 1 saturated heterocycles. The minimum absolute atomic E-state index is 0.214. The average Bonchev–Trinajstić information content (AvgIpc) is 2.26. The maximum atomic E-state index is 11.5. The first kappa shape index (κ1) is 11.1. The molecule has 1 fully saturated rings. The molecule has 0 aromatic carbocycles. The van der Waals surface area contributed by atoms with E-state index < -0.39 is 5.60 Å². The second kappa shape index (κ2) is 3.90. The molecular weight excluding hydrogens is 208 g/mol. The van der Waals surface area contributed by atoms with Gasteiger partial charge in [0.15, 0.2) is 0 Å². The fourth-order valence-electron chi connectivity index (χ4n) is 1.89. The summed E-state index contributed by atoms with van der Waals surface area (Å²) in [6.07, 6.45) is 2.87. The highest BCUT2D eigenvalue weighted by Crippen LogP contribution is 2.32. The van der Waals surface area contributed by atoms with Gasteiger partial charge < -0.3 is 14.8 Å². The Labute approximate surface area is 93.5 Å². The predicted octanol–water partition coefficient (Wildman–Crippen LogP) is 1.20. The van der Waals surface area contributed by atoms with Crippen LogP contribution in [0, 0.1) is 6.92 Å². The molecule has 0 saturated carbocycles. The van der Waals surface area contributed by atoms with Crippen LogP contribution in [-0.4, -0.2) is 21.7 Å². The first-order valence-corrected chi connectivity index (χ1v) is 5.47. The molecule has 16 heavy (non-hydrogen) atoms. The second-order valence-electron chi connectivity index (χ2n) is 4.40. The fourth-order valence-corrected chi connectivity index (χ4v) is 1.89. The lowest BCUT2D eigenvalue weighted by Gasteiger charge is -2.32. The Morgan fingerprint density at radius 1 is 1.50 bits per heavy atom. The number of hydrogen-bond acceptors (Lipinski definition) is 4. The second-order valence-corrected chi connectivity index (χ2v) is 4.40. The third-order valence-corrected chi connectivity index (χ3v) is 3.10. The van der Waals surface area contributed by atoms with Crippen LogP contribution < -0.4 is 5.56 Å². The van der Waals surface area contributed by atoms with Gasteiger partial charge in [0.1, 0.15) is 11.4 Å². The minimum atomic E-state index is -0.581. The Morgan fingerprint density at radius 3 is 2.81 bits per heavy atom. The van der Waals surface area contributed by atoms with Gasteiger partial charge in [-0.1, -0.05) is 0 Å². The first-order valence-electron chi connectivity index (χ1n) is 5.47. The molecule has 1 unspecified atom stereocenters. The Morgan fingerprint density at radius 2 is 2.25 bits per heavy atom. The summed E-state index contributed by atoms with van der Waals surface area (Å²) < 4.78 is 5.66. The molecule has 0 aliphatic carbocycles. The van der Waals surface area contributed by atoms with Crippen molar-refractivity contribution in [2.24, 2.45) is 0 Å². The summed E-state index contributed by atoms with van der Waals surface area (Å²) in [4.78, 5) is 18.2. The maximum Gasteiger partial charge on any atom is 0.257 e. The molecule has 2 N–H and O–H groups in total. The molecule has 1 aromatic heterocycles. The number of aromatic amines is 1. The van der Waals surface area contributed by atoms with E-state index >= 15 is 0 Å². The predicted molar refractivity (Wildman–Crippen MR) is 58.4 cm³/mol. The topological polar surface area (TPSA) is 75.2 Å². The first-order chi connectivity index (χ1) is 7.53. The highest BCUT2D eigenvalue weighted by molar-refractivity contribution is 5.22. The molecule has 1 aliphatic heterocycles. The Hall–Kier alpha value is -1.36. The van der Waals surface area contributed by atoms with Crippen LogP contribution in [0.2, 0.25) is 0 Å². The maximum absolute atomic E-state index is 11.5. The Kier molecular flexibility index (Phi) is 2.71. The number of H-pyrrole nitrogens is 1. The van der Waals surface area contributed by atoms with Crippen LogP contribution in [-0.2, 0) is 10.3 Å². The highest BCUT2D eigenvalue weighted by atomic mass is 16.5. The van der Waals surface area contributed by atoms with Crippen LogP contribution in [0.3, 0.4) is 0 Å². The van der Waals surface area contributed by atoms with E-state index in [9.17, 15) is 9.90 Å². The van der Waals surface area contributed by atoms with Crippen molar-refractivity contribution in [3.8, 4) is 5.88 Å². The monoisotopic (exact) mass is 224 g/mol. The molecule has 0 amide bonds. The summed E-state index contributed by atoms with van der Waals surface area (Å²) in [6, 6.07) is 0. The van der Waals surface area contributed by atoms with Gasteiger partial charge in [-0.3, -0.25) is 4.79 Å². The van der Waals surface area contributed by atoms with Crippen molar-refractivity contribution in [2.75, 3.05) is 6.61 Å². The van der Waals surface area contributed by atoms with Gasteiger partial charge in [0.25, 0.3) is 5.56 Å². The van der Waals surface area contributed by atoms with Crippen molar-refractivity contribution < 1.29 is 9.84 Å². The van der Waals surface area contributed by atoms with Crippen LogP contribution >= 0.6 is 0 Å². The zero-order chi connectivity index (χ0) is 11.8. The van der Waals surface area contributed by atoms with Gasteiger partial charge in [0, 0.05) is 6.61 Å². The molecule has 0 spiro atoms. The lowest BCUT2D eigenvalue weighted by molar-refractivity contribution is -0.0764. The van der Waals surface area contributed by atoms with E-state index in [1.165, 1.54) is 6.92 Å². The smallest absolute Gasteiger partial charge is 0.257 e. The van der Waals surface area contributed by atoms with Crippen molar-refractivity contribution in [1.82, 2.24) is 9.97 Å². The average molecular weight is 224 g/mol. The molecule has 2 heterocycles. The van der Waals surface area contributed by atoms with Crippen LogP contribution in [0.1, 0.15) is 37.6 Å². The van der Waals surface area contributed by atoms with Gasteiger partial charge in [0.05, 0.1) is 5.56 Å². The lowest BCUT2D eigenvalue weighted by Crippen LogP contribution is -2.34. The summed E-state index contributed by atoms with van der Waals surface area (Å²) in [5, 5.41) is 9.54.